The van der Waals surface area contributed by atoms with Gasteiger partial charge in [-0.1, -0.05) is 18.2 Å². The van der Waals surface area contributed by atoms with Crippen LogP contribution in [0.5, 0.6) is 5.75 Å². The highest BCUT2D eigenvalue weighted by Gasteiger charge is 2.16. The van der Waals surface area contributed by atoms with Gasteiger partial charge in [0.25, 0.3) is 0 Å². The number of esters is 1. The number of amides is 2. The Labute approximate surface area is 193 Å². The summed E-state index contributed by atoms with van der Waals surface area (Å²) in [4.78, 5) is 37.4. The number of anilines is 1. The predicted molar refractivity (Wildman–Crippen MR) is 123 cm³/mol. The van der Waals surface area contributed by atoms with Gasteiger partial charge in [-0.25, -0.2) is 4.79 Å². The third-order valence-corrected chi connectivity index (χ3v) is 5.35. The summed E-state index contributed by atoms with van der Waals surface area (Å²) in [6, 6.07) is 14.3. The van der Waals surface area contributed by atoms with E-state index in [1.54, 1.807) is 24.3 Å². The highest BCUT2D eigenvalue weighted by atomic mass is 16.5. The second-order valence-corrected chi connectivity index (χ2v) is 7.78. The van der Waals surface area contributed by atoms with E-state index in [-0.39, 0.29) is 38.1 Å². The standard InChI is InChI=1S/C25H30N2O6/c28-15-13-27(14-17-33-25(31)19-6-2-1-3-7-19)24(30)8-4-5-16-32-21-10-11-22-20(18-21)9-12-23(29)26-22/h1-3,6-7,10-11,18,28H,4-5,8-9,12-17H2,(H,26,29). The lowest BCUT2D eigenvalue weighted by Gasteiger charge is -2.21. The number of aryl methyl sites for hydroxylation is 1. The van der Waals surface area contributed by atoms with Crippen LogP contribution in [0.15, 0.2) is 48.5 Å². The average molecular weight is 455 g/mol. The van der Waals surface area contributed by atoms with Crippen LogP contribution in [0.2, 0.25) is 0 Å². The van der Waals surface area contributed by atoms with Crippen molar-refractivity contribution in [2.75, 3.05) is 38.2 Å². The average Bonchev–Trinajstić information content (AvgIpc) is 2.83. The Morgan fingerprint density at radius 1 is 1.00 bits per heavy atom. The van der Waals surface area contributed by atoms with Gasteiger partial charge < -0.3 is 24.8 Å². The van der Waals surface area contributed by atoms with Crippen LogP contribution in [-0.4, -0.2) is 60.7 Å². The Hall–Kier alpha value is -3.39. The lowest BCUT2D eigenvalue weighted by Crippen LogP contribution is -2.36. The molecule has 33 heavy (non-hydrogen) atoms. The molecule has 0 bridgehead atoms. The molecule has 0 spiro atoms. The molecule has 1 heterocycles. The smallest absolute Gasteiger partial charge is 0.338 e. The molecular formula is C25H30N2O6. The molecule has 8 heteroatoms. The fraction of sp³-hybridized carbons (Fsp3) is 0.400. The molecule has 0 saturated carbocycles. The van der Waals surface area contributed by atoms with E-state index < -0.39 is 5.97 Å². The van der Waals surface area contributed by atoms with Crippen LogP contribution < -0.4 is 10.1 Å². The van der Waals surface area contributed by atoms with Gasteiger partial charge in [-0.15, -0.1) is 0 Å². The van der Waals surface area contributed by atoms with Gasteiger partial charge in [-0.3, -0.25) is 9.59 Å². The summed E-state index contributed by atoms with van der Waals surface area (Å²) < 4.78 is 11.0. The van der Waals surface area contributed by atoms with E-state index in [2.05, 4.69) is 5.32 Å². The Bertz CT molecular complexity index is 947. The Morgan fingerprint density at radius 3 is 2.61 bits per heavy atom. The first-order chi connectivity index (χ1) is 16.1. The minimum atomic E-state index is -0.436. The van der Waals surface area contributed by atoms with Gasteiger partial charge in [0.15, 0.2) is 0 Å². The van der Waals surface area contributed by atoms with Crippen molar-refractivity contribution >= 4 is 23.5 Å². The van der Waals surface area contributed by atoms with Gasteiger partial charge in [-0.2, -0.15) is 0 Å². The number of hydrogen-bond donors (Lipinski definition) is 2. The fourth-order valence-electron chi connectivity index (χ4n) is 3.56. The van der Waals surface area contributed by atoms with Gasteiger partial charge in [0.1, 0.15) is 12.4 Å². The Morgan fingerprint density at radius 2 is 1.82 bits per heavy atom. The van der Waals surface area contributed by atoms with Gasteiger partial charge in [0.05, 0.1) is 25.3 Å². The molecule has 8 nitrogen and oxygen atoms in total. The molecule has 2 N–H and O–H groups in total. The van der Waals surface area contributed by atoms with E-state index in [9.17, 15) is 19.5 Å². The van der Waals surface area contributed by atoms with Crippen molar-refractivity contribution in [2.24, 2.45) is 0 Å². The van der Waals surface area contributed by atoms with Crippen LogP contribution in [0.3, 0.4) is 0 Å². The summed E-state index contributed by atoms with van der Waals surface area (Å²) in [5.41, 5.74) is 2.36. The highest BCUT2D eigenvalue weighted by molar-refractivity contribution is 5.94. The van der Waals surface area contributed by atoms with E-state index in [1.165, 1.54) is 4.90 Å². The molecule has 0 radical (unpaired) electrons. The number of fused-ring (bicyclic) bond motifs is 1. The van der Waals surface area contributed by atoms with E-state index >= 15 is 0 Å². The molecule has 2 aromatic rings. The number of carbonyl (C=O) groups is 3. The van der Waals surface area contributed by atoms with E-state index in [1.807, 2.05) is 24.3 Å². The Balaban J connectivity index is 1.34. The molecule has 176 valence electrons. The second kappa shape index (κ2) is 12.6. The number of unbranched alkanes of at least 4 members (excludes halogenated alkanes) is 1. The number of nitrogens with one attached hydrogen (secondary N) is 1. The second-order valence-electron chi connectivity index (χ2n) is 7.78. The summed E-state index contributed by atoms with van der Waals surface area (Å²) in [6.07, 6.45) is 2.86. The zero-order valence-corrected chi connectivity index (χ0v) is 18.6. The number of carbonyl (C=O) groups excluding carboxylic acids is 3. The maximum atomic E-state index is 12.5. The summed E-state index contributed by atoms with van der Waals surface area (Å²) in [6.45, 7) is 0.832. The third-order valence-electron chi connectivity index (χ3n) is 5.35. The first-order valence-corrected chi connectivity index (χ1v) is 11.2. The van der Waals surface area contributed by atoms with Crippen molar-refractivity contribution in [3.63, 3.8) is 0 Å². The van der Waals surface area contributed by atoms with Crippen molar-refractivity contribution in [3.8, 4) is 5.75 Å². The van der Waals surface area contributed by atoms with Crippen LogP contribution in [0, 0.1) is 0 Å². The number of hydrogen-bond acceptors (Lipinski definition) is 6. The van der Waals surface area contributed by atoms with Crippen LogP contribution in [0.1, 0.15) is 41.6 Å². The number of aliphatic hydroxyl groups excluding tert-OH is 1. The van der Waals surface area contributed by atoms with Crippen LogP contribution in [-0.2, 0) is 20.7 Å². The molecule has 3 rings (SSSR count). The molecular weight excluding hydrogens is 424 g/mol. The molecule has 0 fully saturated rings. The van der Waals surface area contributed by atoms with Crippen molar-refractivity contribution in [1.82, 2.24) is 4.90 Å². The van der Waals surface area contributed by atoms with Crippen LogP contribution in [0.4, 0.5) is 5.69 Å². The summed E-state index contributed by atoms with van der Waals surface area (Å²) in [7, 11) is 0. The van der Waals surface area contributed by atoms with Crippen molar-refractivity contribution < 1.29 is 29.0 Å². The van der Waals surface area contributed by atoms with Gasteiger partial charge in [-0.05, 0) is 55.2 Å². The van der Waals surface area contributed by atoms with Crippen molar-refractivity contribution in [3.05, 3.63) is 59.7 Å². The van der Waals surface area contributed by atoms with E-state index in [4.69, 9.17) is 9.47 Å². The van der Waals surface area contributed by atoms with E-state index in [0.29, 0.717) is 44.3 Å². The first kappa shape index (κ1) is 24.3. The van der Waals surface area contributed by atoms with Gasteiger partial charge in [0.2, 0.25) is 11.8 Å². The first-order valence-electron chi connectivity index (χ1n) is 11.2. The quantitative estimate of drug-likeness (QED) is 0.377. The molecule has 2 amide bonds. The molecule has 0 unspecified atom stereocenters. The fourth-order valence-corrected chi connectivity index (χ4v) is 3.56. The highest BCUT2D eigenvalue weighted by Crippen LogP contribution is 2.26. The summed E-state index contributed by atoms with van der Waals surface area (Å²) in [5, 5.41) is 12.1. The topological polar surface area (TPSA) is 105 Å². The minimum Gasteiger partial charge on any atom is -0.494 e. The lowest BCUT2D eigenvalue weighted by atomic mass is 10.0. The monoisotopic (exact) mass is 454 g/mol. The van der Waals surface area contributed by atoms with Gasteiger partial charge in [0, 0.05) is 25.1 Å². The maximum Gasteiger partial charge on any atom is 0.338 e. The largest absolute Gasteiger partial charge is 0.494 e. The van der Waals surface area contributed by atoms with Crippen LogP contribution >= 0.6 is 0 Å². The van der Waals surface area contributed by atoms with Gasteiger partial charge >= 0.3 is 5.97 Å². The number of aliphatic hydroxyl groups is 1. The maximum absolute atomic E-state index is 12.5. The normalized spacial score (nSPS) is 12.5. The molecule has 1 aliphatic heterocycles. The van der Waals surface area contributed by atoms with Crippen LogP contribution in [0.25, 0.3) is 0 Å². The molecule has 0 saturated heterocycles. The predicted octanol–water partition coefficient (Wildman–Crippen LogP) is 2.80. The molecule has 0 aromatic heterocycles. The molecule has 2 aromatic carbocycles. The number of nitrogens with zero attached hydrogens (tertiary/aromatic N) is 1. The third kappa shape index (κ3) is 7.61. The van der Waals surface area contributed by atoms with E-state index in [0.717, 1.165) is 17.0 Å². The summed E-state index contributed by atoms with van der Waals surface area (Å²) >= 11 is 0. The Kier molecular flexibility index (Phi) is 9.26. The minimum absolute atomic E-state index is 0.0328. The molecule has 0 atom stereocenters. The molecule has 0 aliphatic carbocycles. The van der Waals surface area contributed by atoms with Crippen molar-refractivity contribution in [1.29, 1.82) is 0 Å². The SMILES string of the molecule is O=C1CCc2cc(OCCCCC(=O)N(CCO)CCOC(=O)c3ccccc3)ccc2N1. The summed E-state index contributed by atoms with van der Waals surface area (Å²) in [5.74, 6) is 0.252. The zero-order chi connectivity index (χ0) is 23.5. The molecule has 1 aliphatic rings. The lowest BCUT2D eigenvalue weighted by molar-refractivity contribution is -0.132. The number of rotatable bonds is 12. The number of ether oxygens (including phenoxy) is 2. The number of benzene rings is 2. The zero-order valence-electron chi connectivity index (χ0n) is 18.6. The van der Waals surface area contributed by atoms with Crippen molar-refractivity contribution in [2.45, 2.75) is 32.1 Å².